The Kier molecular flexibility index (Phi) is 4.71. The zero-order valence-corrected chi connectivity index (χ0v) is 9.95. The smallest absolute Gasteiger partial charge is 0.146 e. The number of hydrogen-bond donors (Lipinski definition) is 1. The molecule has 5 heteroatoms. The molecule has 1 aromatic rings. The Balaban J connectivity index is 2.33. The van der Waals surface area contributed by atoms with Crippen molar-refractivity contribution in [2.45, 2.75) is 32.9 Å². The average Bonchev–Trinajstić information content (AvgIpc) is 2.54. The van der Waals surface area contributed by atoms with Crippen LogP contribution in [-0.4, -0.2) is 34.5 Å². The van der Waals surface area contributed by atoms with Gasteiger partial charge in [0.05, 0.1) is 6.54 Å². The molecule has 0 radical (unpaired) electrons. The molecule has 86 valence electrons. The molecular formula is C10H20N4O. The molecular weight excluding hydrogens is 192 g/mol. The van der Waals surface area contributed by atoms with Crippen LogP contribution in [0.1, 0.15) is 25.0 Å². The monoisotopic (exact) mass is 212 g/mol. The SMILES string of the molecule is COCCC(C)NCc1nnc(C)n1C. The van der Waals surface area contributed by atoms with E-state index in [-0.39, 0.29) is 0 Å². The number of nitrogens with one attached hydrogen (secondary N) is 1. The molecule has 0 bridgehead atoms. The van der Waals surface area contributed by atoms with Gasteiger partial charge in [-0.2, -0.15) is 0 Å². The molecule has 15 heavy (non-hydrogen) atoms. The minimum atomic E-state index is 0.432. The van der Waals surface area contributed by atoms with Crippen LogP contribution in [0.4, 0.5) is 0 Å². The van der Waals surface area contributed by atoms with Gasteiger partial charge in [0, 0.05) is 26.8 Å². The molecule has 0 amide bonds. The highest BCUT2D eigenvalue weighted by molar-refractivity contribution is 4.92. The van der Waals surface area contributed by atoms with E-state index in [2.05, 4.69) is 22.4 Å². The molecule has 0 aliphatic heterocycles. The standard InChI is InChI=1S/C10H20N4O/c1-8(5-6-15-4)11-7-10-13-12-9(2)14(10)3/h8,11H,5-7H2,1-4H3. The summed E-state index contributed by atoms with van der Waals surface area (Å²) in [6.45, 7) is 5.63. The molecule has 0 saturated heterocycles. The molecule has 5 nitrogen and oxygen atoms in total. The Hall–Kier alpha value is -0.940. The molecule has 1 atom stereocenters. The quantitative estimate of drug-likeness (QED) is 0.752. The van der Waals surface area contributed by atoms with Crippen molar-refractivity contribution >= 4 is 0 Å². The van der Waals surface area contributed by atoms with E-state index < -0.39 is 0 Å². The fraction of sp³-hybridized carbons (Fsp3) is 0.800. The van der Waals surface area contributed by atoms with Crippen molar-refractivity contribution in [3.8, 4) is 0 Å². The van der Waals surface area contributed by atoms with Crippen LogP contribution in [0.25, 0.3) is 0 Å². The lowest BCUT2D eigenvalue weighted by Gasteiger charge is -2.12. The van der Waals surface area contributed by atoms with Crippen LogP contribution in [0.15, 0.2) is 0 Å². The zero-order chi connectivity index (χ0) is 11.3. The van der Waals surface area contributed by atoms with Gasteiger partial charge in [-0.3, -0.25) is 0 Å². The largest absolute Gasteiger partial charge is 0.385 e. The molecule has 0 saturated carbocycles. The van der Waals surface area contributed by atoms with Gasteiger partial charge in [-0.05, 0) is 20.3 Å². The maximum Gasteiger partial charge on any atom is 0.146 e. The van der Waals surface area contributed by atoms with E-state index in [4.69, 9.17) is 4.74 Å². The predicted molar refractivity (Wildman–Crippen MR) is 58.5 cm³/mol. The topological polar surface area (TPSA) is 52.0 Å². The van der Waals surface area contributed by atoms with Crippen molar-refractivity contribution in [3.63, 3.8) is 0 Å². The molecule has 0 aromatic carbocycles. The van der Waals surface area contributed by atoms with Gasteiger partial charge >= 0.3 is 0 Å². The van der Waals surface area contributed by atoms with Crippen molar-refractivity contribution in [1.29, 1.82) is 0 Å². The normalized spacial score (nSPS) is 13.1. The Morgan fingerprint density at radius 3 is 2.73 bits per heavy atom. The molecule has 1 aromatic heterocycles. The first-order chi connectivity index (χ1) is 7.15. The Morgan fingerprint density at radius 1 is 1.47 bits per heavy atom. The summed E-state index contributed by atoms with van der Waals surface area (Å²) in [7, 11) is 3.70. The van der Waals surface area contributed by atoms with E-state index in [0.29, 0.717) is 6.04 Å². The van der Waals surface area contributed by atoms with E-state index in [1.165, 1.54) is 0 Å². The van der Waals surface area contributed by atoms with Crippen molar-refractivity contribution in [1.82, 2.24) is 20.1 Å². The second-order valence-corrected chi connectivity index (χ2v) is 3.79. The van der Waals surface area contributed by atoms with Gasteiger partial charge in [-0.25, -0.2) is 0 Å². The summed E-state index contributed by atoms with van der Waals surface area (Å²) < 4.78 is 7.02. The van der Waals surface area contributed by atoms with E-state index in [0.717, 1.165) is 31.2 Å². The van der Waals surface area contributed by atoms with Crippen molar-refractivity contribution < 1.29 is 4.74 Å². The minimum Gasteiger partial charge on any atom is -0.385 e. The summed E-state index contributed by atoms with van der Waals surface area (Å²) in [6, 6.07) is 0.432. The van der Waals surface area contributed by atoms with Gasteiger partial charge in [0.25, 0.3) is 0 Å². The number of aromatic nitrogens is 3. The van der Waals surface area contributed by atoms with Crippen LogP contribution in [-0.2, 0) is 18.3 Å². The van der Waals surface area contributed by atoms with Crippen LogP contribution in [0.3, 0.4) is 0 Å². The summed E-state index contributed by atoms with van der Waals surface area (Å²) >= 11 is 0. The summed E-state index contributed by atoms with van der Waals surface area (Å²) in [4.78, 5) is 0. The Morgan fingerprint density at radius 2 is 2.20 bits per heavy atom. The van der Waals surface area contributed by atoms with E-state index in [1.54, 1.807) is 7.11 Å². The Bertz CT molecular complexity index is 298. The van der Waals surface area contributed by atoms with E-state index >= 15 is 0 Å². The molecule has 1 unspecified atom stereocenters. The molecule has 0 aliphatic carbocycles. The van der Waals surface area contributed by atoms with Gasteiger partial charge in [-0.15, -0.1) is 10.2 Å². The average molecular weight is 212 g/mol. The molecule has 0 spiro atoms. The van der Waals surface area contributed by atoms with Gasteiger partial charge in [0.15, 0.2) is 0 Å². The van der Waals surface area contributed by atoms with Crippen LogP contribution in [0.2, 0.25) is 0 Å². The molecule has 1 N–H and O–H groups in total. The van der Waals surface area contributed by atoms with Gasteiger partial charge in [0.2, 0.25) is 0 Å². The Labute approximate surface area is 90.8 Å². The lowest BCUT2D eigenvalue weighted by molar-refractivity contribution is 0.184. The van der Waals surface area contributed by atoms with Crippen LogP contribution >= 0.6 is 0 Å². The van der Waals surface area contributed by atoms with Crippen molar-refractivity contribution in [2.75, 3.05) is 13.7 Å². The second kappa shape index (κ2) is 5.82. The summed E-state index contributed by atoms with van der Waals surface area (Å²) in [5, 5.41) is 11.5. The van der Waals surface area contributed by atoms with Gasteiger partial charge < -0.3 is 14.6 Å². The fourth-order valence-electron chi connectivity index (χ4n) is 1.27. The highest BCUT2D eigenvalue weighted by atomic mass is 16.5. The lowest BCUT2D eigenvalue weighted by Crippen LogP contribution is -2.27. The minimum absolute atomic E-state index is 0.432. The third kappa shape index (κ3) is 3.60. The number of ether oxygens (including phenoxy) is 1. The summed E-state index contributed by atoms with van der Waals surface area (Å²) in [6.07, 6.45) is 1.01. The first kappa shape index (κ1) is 12.1. The van der Waals surface area contributed by atoms with Crippen molar-refractivity contribution in [2.24, 2.45) is 7.05 Å². The summed E-state index contributed by atoms with van der Waals surface area (Å²) in [5.41, 5.74) is 0. The first-order valence-corrected chi connectivity index (χ1v) is 5.22. The van der Waals surface area contributed by atoms with E-state index in [9.17, 15) is 0 Å². The first-order valence-electron chi connectivity index (χ1n) is 5.22. The predicted octanol–water partition coefficient (Wildman–Crippen LogP) is 0.638. The number of aryl methyl sites for hydroxylation is 1. The van der Waals surface area contributed by atoms with Crippen LogP contribution < -0.4 is 5.32 Å². The number of hydrogen-bond acceptors (Lipinski definition) is 4. The number of nitrogens with zero attached hydrogens (tertiary/aromatic N) is 3. The maximum atomic E-state index is 5.02. The maximum absolute atomic E-state index is 5.02. The molecule has 0 fully saturated rings. The molecule has 0 aliphatic rings. The van der Waals surface area contributed by atoms with E-state index in [1.807, 2.05) is 18.5 Å². The van der Waals surface area contributed by atoms with Crippen LogP contribution in [0.5, 0.6) is 0 Å². The third-order valence-electron chi connectivity index (χ3n) is 2.55. The highest BCUT2D eigenvalue weighted by Crippen LogP contribution is 1.98. The summed E-state index contributed by atoms with van der Waals surface area (Å²) in [5.74, 6) is 1.91. The number of methoxy groups -OCH3 is 1. The molecule has 1 rings (SSSR count). The highest BCUT2D eigenvalue weighted by Gasteiger charge is 2.06. The fourth-order valence-corrected chi connectivity index (χ4v) is 1.27. The van der Waals surface area contributed by atoms with Gasteiger partial charge in [-0.1, -0.05) is 0 Å². The van der Waals surface area contributed by atoms with Gasteiger partial charge in [0.1, 0.15) is 11.6 Å². The lowest BCUT2D eigenvalue weighted by atomic mass is 10.2. The molecule has 1 heterocycles. The number of rotatable bonds is 6. The zero-order valence-electron chi connectivity index (χ0n) is 9.95. The van der Waals surface area contributed by atoms with Crippen LogP contribution in [0, 0.1) is 6.92 Å². The second-order valence-electron chi connectivity index (χ2n) is 3.79. The van der Waals surface area contributed by atoms with Crippen molar-refractivity contribution in [3.05, 3.63) is 11.6 Å². The third-order valence-corrected chi connectivity index (χ3v) is 2.55.